The summed E-state index contributed by atoms with van der Waals surface area (Å²) in [5, 5.41) is 3.52. The summed E-state index contributed by atoms with van der Waals surface area (Å²) >= 11 is 3.48. The zero-order chi connectivity index (χ0) is 13.8. The van der Waals surface area contributed by atoms with Crippen LogP contribution < -0.4 is 5.32 Å². The highest BCUT2D eigenvalue weighted by atomic mass is 79.9. The Morgan fingerprint density at radius 1 is 0.947 bits per heavy atom. The number of nitrogens with one attached hydrogen (secondary N) is 1. The molecule has 0 spiro atoms. The molecule has 0 bridgehead atoms. The maximum absolute atomic E-state index is 12.9. The Kier molecular flexibility index (Phi) is 4.72. The lowest BCUT2D eigenvalue weighted by atomic mass is 10.0. The molecule has 2 rings (SSSR count). The third-order valence-corrected chi connectivity index (χ3v) is 3.71. The van der Waals surface area contributed by atoms with Crippen LogP contribution in [-0.4, -0.2) is 0 Å². The van der Waals surface area contributed by atoms with Gasteiger partial charge >= 0.3 is 0 Å². The molecule has 2 atom stereocenters. The first-order chi connectivity index (χ1) is 9.06. The van der Waals surface area contributed by atoms with E-state index in [0.717, 1.165) is 10.0 Å². The molecule has 0 fully saturated rings. The van der Waals surface area contributed by atoms with Gasteiger partial charge in [0.25, 0.3) is 0 Å². The fraction of sp³-hybridized carbons (Fsp3) is 0.250. The molecule has 0 radical (unpaired) electrons. The monoisotopic (exact) mass is 321 g/mol. The predicted molar refractivity (Wildman–Crippen MR) is 80.5 cm³/mol. The minimum atomic E-state index is -0.198. The van der Waals surface area contributed by atoms with Crippen LogP contribution in [0.15, 0.2) is 53.0 Å². The molecule has 19 heavy (non-hydrogen) atoms. The topological polar surface area (TPSA) is 12.0 Å². The maximum Gasteiger partial charge on any atom is 0.123 e. The summed E-state index contributed by atoms with van der Waals surface area (Å²) < 4.78 is 14.0. The zero-order valence-corrected chi connectivity index (χ0v) is 12.6. The molecule has 0 saturated heterocycles. The van der Waals surface area contributed by atoms with Gasteiger partial charge in [0.1, 0.15) is 5.82 Å². The van der Waals surface area contributed by atoms with E-state index in [1.807, 2.05) is 24.3 Å². The Morgan fingerprint density at radius 3 is 2.21 bits per heavy atom. The molecule has 0 amide bonds. The largest absolute Gasteiger partial charge is 0.304 e. The van der Waals surface area contributed by atoms with Crippen molar-refractivity contribution in [3.05, 3.63) is 69.9 Å². The standard InChI is InChI=1S/C16H17BrFN/c1-11(13-6-8-16(18)9-7-13)19-12(2)14-4-3-5-15(17)10-14/h3-12,19H,1-2H3/t11-,12?/m1/s1. The smallest absolute Gasteiger partial charge is 0.123 e. The van der Waals surface area contributed by atoms with Crippen LogP contribution in [0.2, 0.25) is 0 Å². The van der Waals surface area contributed by atoms with Gasteiger partial charge in [-0.1, -0.05) is 40.2 Å². The minimum absolute atomic E-state index is 0.176. The first-order valence-corrected chi connectivity index (χ1v) is 7.12. The number of hydrogen-bond donors (Lipinski definition) is 1. The third-order valence-electron chi connectivity index (χ3n) is 3.22. The lowest BCUT2D eigenvalue weighted by Crippen LogP contribution is -2.22. The Bertz CT molecular complexity index is 539. The van der Waals surface area contributed by atoms with Gasteiger partial charge in [0.05, 0.1) is 0 Å². The Morgan fingerprint density at radius 2 is 1.58 bits per heavy atom. The van der Waals surface area contributed by atoms with E-state index in [4.69, 9.17) is 0 Å². The summed E-state index contributed by atoms with van der Waals surface area (Å²) in [6.45, 7) is 4.21. The molecule has 1 N–H and O–H groups in total. The van der Waals surface area contributed by atoms with E-state index in [9.17, 15) is 4.39 Å². The van der Waals surface area contributed by atoms with Crippen LogP contribution >= 0.6 is 15.9 Å². The molecule has 0 aliphatic carbocycles. The van der Waals surface area contributed by atoms with Crippen LogP contribution in [0.3, 0.4) is 0 Å². The van der Waals surface area contributed by atoms with Crippen molar-refractivity contribution in [2.24, 2.45) is 0 Å². The SMILES string of the molecule is CC(N[C@H](C)c1ccc(F)cc1)c1cccc(Br)c1. The van der Waals surface area contributed by atoms with Gasteiger partial charge in [-0.25, -0.2) is 4.39 Å². The molecular formula is C16H17BrFN. The van der Waals surface area contributed by atoms with Crippen LogP contribution in [0, 0.1) is 5.82 Å². The van der Waals surface area contributed by atoms with Gasteiger partial charge in [0, 0.05) is 16.6 Å². The van der Waals surface area contributed by atoms with E-state index in [2.05, 4.69) is 47.2 Å². The predicted octanol–water partition coefficient (Wildman–Crippen LogP) is 5.00. The number of rotatable bonds is 4. The Labute approximate surface area is 122 Å². The number of halogens is 2. The third kappa shape index (κ3) is 3.88. The van der Waals surface area contributed by atoms with Crippen molar-refractivity contribution >= 4 is 15.9 Å². The number of benzene rings is 2. The fourth-order valence-corrected chi connectivity index (χ4v) is 2.51. The van der Waals surface area contributed by atoms with E-state index in [-0.39, 0.29) is 17.9 Å². The lowest BCUT2D eigenvalue weighted by Gasteiger charge is -2.21. The number of hydrogen-bond acceptors (Lipinski definition) is 1. The van der Waals surface area contributed by atoms with Gasteiger partial charge in [0.2, 0.25) is 0 Å². The van der Waals surface area contributed by atoms with Gasteiger partial charge in [0.15, 0.2) is 0 Å². The van der Waals surface area contributed by atoms with E-state index in [1.54, 1.807) is 0 Å². The van der Waals surface area contributed by atoms with Gasteiger partial charge in [-0.15, -0.1) is 0 Å². The molecule has 1 nitrogen and oxygen atoms in total. The van der Waals surface area contributed by atoms with Crippen molar-refractivity contribution in [2.75, 3.05) is 0 Å². The zero-order valence-electron chi connectivity index (χ0n) is 11.0. The van der Waals surface area contributed by atoms with Crippen molar-refractivity contribution in [3.8, 4) is 0 Å². The van der Waals surface area contributed by atoms with Crippen LogP contribution in [-0.2, 0) is 0 Å². The second kappa shape index (κ2) is 6.31. The summed E-state index contributed by atoms with van der Waals surface area (Å²) in [4.78, 5) is 0. The van der Waals surface area contributed by atoms with Gasteiger partial charge in [-0.05, 0) is 49.2 Å². The van der Waals surface area contributed by atoms with E-state index < -0.39 is 0 Å². The normalized spacial score (nSPS) is 14.1. The van der Waals surface area contributed by atoms with Crippen LogP contribution in [0.4, 0.5) is 4.39 Å². The highest BCUT2D eigenvalue weighted by molar-refractivity contribution is 9.10. The average Bonchev–Trinajstić information content (AvgIpc) is 2.39. The van der Waals surface area contributed by atoms with Crippen molar-refractivity contribution in [1.82, 2.24) is 5.32 Å². The van der Waals surface area contributed by atoms with Crippen molar-refractivity contribution in [1.29, 1.82) is 0 Å². The maximum atomic E-state index is 12.9. The fourth-order valence-electron chi connectivity index (χ4n) is 2.09. The Balaban J connectivity index is 2.06. The average molecular weight is 322 g/mol. The van der Waals surface area contributed by atoms with E-state index in [0.29, 0.717) is 0 Å². The Hall–Kier alpha value is -1.19. The molecule has 0 aliphatic heterocycles. The minimum Gasteiger partial charge on any atom is -0.304 e. The quantitative estimate of drug-likeness (QED) is 0.835. The second-order valence-corrected chi connectivity index (χ2v) is 5.63. The molecule has 2 aromatic rings. The summed E-state index contributed by atoms with van der Waals surface area (Å²) in [5.41, 5.74) is 2.31. The van der Waals surface area contributed by atoms with E-state index >= 15 is 0 Å². The van der Waals surface area contributed by atoms with Crippen molar-refractivity contribution in [3.63, 3.8) is 0 Å². The van der Waals surface area contributed by atoms with Crippen molar-refractivity contribution in [2.45, 2.75) is 25.9 Å². The van der Waals surface area contributed by atoms with Crippen LogP contribution in [0.1, 0.15) is 37.1 Å². The van der Waals surface area contributed by atoms with Crippen molar-refractivity contribution < 1.29 is 4.39 Å². The molecule has 1 unspecified atom stereocenters. The van der Waals surface area contributed by atoms with Gasteiger partial charge in [-0.2, -0.15) is 0 Å². The lowest BCUT2D eigenvalue weighted by molar-refractivity contribution is 0.493. The molecule has 0 saturated carbocycles. The summed E-state index contributed by atoms with van der Waals surface area (Å²) in [7, 11) is 0. The molecular weight excluding hydrogens is 305 g/mol. The highest BCUT2D eigenvalue weighted by Crippen LogP contribution is 2.22. The molecule has 100 valence electrons. The summed E-state index contributed by atoms with van der Waals surface area (Å²) in [5.74, 6) is -0.198. The van der Waals surface area contributed by atoms with Gasteiger partial charge in [-0.3, -0.25) is 0 Å². The summed E-state index contributed by atoms with van der Waals surface area (Å²) in [6, 6.07) is 15.3. The van der Waals surface area contributed by atoms with Gasteiger partial charge < -0.3 is 5.32 Å². The molecule has 2 aromatic carbocycles. The molecule has 3 heteroatoms. The second-order valence-electron chi connectivity index (χ2n) is 4.72. The molecule has 0 aliphatic rings. The summed E-state index contributed by atoms with van der Waals surface area (Å²) in [6.07, 6.45) is 0. The van der Waals surface area contributed by atoms with Crippen LogP contribution in [0.25, 0.3) is 0 Å². The van der Waals surface area contributed by atoms with Crippen LogP contribution in [0.5, 0.6) is 0 Å². The van der Waals surface area contributed by atoms with E-state index in [1.165, 1.54) is 17.7 Å². The first kappa shape index (κ1) is 14.2. The molecule has 0 aromatic heterocycles. The highest BCUT2D eigenvalue weighted by Gasteiger charge is 2.11. The molecule has 0 heterocycles. The first-order valence-electron chi connectivity index (χ1n) is 6.33.